The molecule has 0 aliphatic heterocycles. The molecule has 0 saturated heterocycles. The number of hydrogen-bond donors (Lipinski definition) is 0. The third kappa shape index (κ3) is 5.04. The van der Waals surface area contributed by atoms with E-state index >= 15 is 0 Å². The number of hydrogen-bond acceptors (Lipinski definition) is 6. The number of fused-ring (bicyclic) bond motifs is 1. The lowest BCUT2D eigenvalue weighted by atomic mass is 10.2. The highest BCUT2D eigenvalue weighted by Crippen LogP contribution is 2.38. The number of halogens is 3. The van der Waals surface area contributed by atoms with E-state index < -0.39 is 35.2 Å². The predicted octanol–water partition coefficient (Wildman–Crippen LogP) is 5.63. The highest BCUT2D eigenvalue weighted by atomic mass is 19.4. The van der Waals surface area contributed by atoms with Gasteiger partial charge in [-0.2, -0.15) is 13.2 Å². The molecule has 6 nitrogen and oxygen atoms in total. The number of esters is 1. The van der Waals surface area contributed by atoms with Crippen LogP contribution < -0.4 is 14.9 Å². The highest BCUT2D eigenvalue weighted by molar-refractivity contribution is 5.80. The number of carbonyl (C=O) groups is 1. The molecule has 0 bridgehead atoms. The first-order valence-electron chi connectivity index (χ1n) is 9.89. The Kier molecular flexibility index (Phi) is 6.76. The first-order chi connectivity index (χ1) is 15.1. The number of benzene rings is 2. The summed E-state index contributed by atoms with van der Waals surface area (Å²) in [4.78, 5) is 24.8. The summed E-state index contributed by atoms with van der Waals surface area (Å²) in [5.74, 6) is -2.99. The highest BCUT2D eigenvalue weighted by Gasteiger charge is 2.40. The van der Waals surface area contributed by atoms with Crippen molar-refractivity contribution in [2.24, 2.45) is 0 Å². The van der Waals surface area contributed by atoms with Crippen molar-refractivity contribution in [3.8, 4) is 17.2 Å². The van der Waals surface area contributed by atoms with Gasteiger partial charge in [0.2, 0.25) is 11.2 Å². The Morgan fingerprint density at radius 2 is 1.84 bits per heavy atom. The van der Waals surface area contributed by atoms with Gasteiger partial charge in [-0.25, -0.2) is 4.79 Å². The molecule has 0 unspecified atom stereocenters. The fourth-order valence-corrected chi connectivity index (χ4v) is 3.00. The molecular weight excluding hydrogens is 429 g/mol. The molecule has 0 amide bonds. The van der Waals surface area contributed by atoms with Crippen LogP contribution in [0.1, 0.15) is 31.6 Å². The summed E-state index contributed by atoms with van der Waals surface area (Å²) in [6.45, 7) is 5.23. The lowest BCUT2D eigenvalue weighted by Gasteiger charge is -2.17. The van der Waals surface area contributed by atoms with Gasteiger partial charge in [-0.1, -0.05) is 19.1 Å². The van der Waals surface area contributed by atoms with E-state index in [0.29, 0.717) is 0 Å². The standard InChI is InChI=1S/C23H21F3O6/c1-4-17(22(28)29-5-2)30-15-9-10-16-18(12-15)32-21(23(24,25)26)20(19(16)27)31-14-8-6-7-13(3)11-14/h6-12,17H,4-5H2,1-3H3/t17-/m1/s1. The SMILES string of the molecule is CCOC(=O)[C@@H](CC)Oc1ccc2c(=O)c(Oc3cccc(C)c3)c(C(F)(F)F)oc2c1. The third-order valence-electron chi connectivity index (χ3n) is 4.49. The molecule has 1 heterocycles. The zero-order chi connectivity index (χ0) is 23.5. The summed E-state index contributed by atoms with van der Waals surface area (Å²) >= 11 is 0. The first kappa shape index (κ1) is 23.2. The van der Waals surface area contributed by atoms with Gasteiger partial charge in [-0.15, -0.1) is 0 Å². The summed E-state index contributed by atoms with van der Waals surface area (Å²) in [5, 5.41) is -0.128. The van der Waals surface area contributed by atoms with Crippen molar-refractivity contribution in [1.82, 2.24) is 0 Å². The summed E-state index contributed by atoms with van der Waals surface area (Å²) in [7, 11) is 0. The zero-order valence-corrected chi connectivity index (χ0v) is 17.6. The molecule has 3 rings (SSSR count). The summed E-state index contributed by atoms with van der Waals surface area (Å²) in [6, 6.07) is 10.0. The van der Waals surface area contributed by atoms with E-state index in [1.54, 1.807) is 32.9 Å². The van der Waals surface area contributed by atoms with Gasteiger partial charge in [0.05, 0.1) is 12.0 Å². The summed E-state index contributed by atoms with van der Waals surface area (Å²) < 4.78 is 61.9. The Morgan fingerprint density at radius 3 is 2.47 bits per heavy atom. The van der Waals surface area contributed by atoms with Crippen LogP contribution in [0.25, 0.3) is 11.0 Å². The molecule has 170 valence electrons. The molecule has 32 heavy (non-hydrogen) atoms. The van der Waals surface area contributed by atoms with Crippen molar-refractivity contribution < 1.29 is 36.6 Å². The maximum Gasteiger partial charge on any atom is 0.453 e. The average Bonchev–Trinajstić information content (AvgIpc) is 2.73. The normalized spacial score (nSPS) is 12.4. The summed E-state index contributed by atoms with van der Waals surface area (Å²) in [6.07, 6.45) is -5.66. The molecule has 0 radical (unpaired) electrons. The van der Waals surface area contributed by atoms with Gasteiger partial charge in [0.1, 0.15) is 17.1 Å². The van der Waals surface area contributed by atoms with Crippen LogP contribution in [-0.4, -0.2) is 18.7 Å². The summed E-state index contributed by atoms with van der Waals surface area (Å²) in [5.41, 5.74) is -0.589. The largest absolute Gasteiger partial charge is 0.479 e. The number of rotatable bonds is 7. The Morgan fingerprint density at radius 1 is 1.09 bits per heavy atom. The van der Waals surface area contributed by atoms with E-state index in [1.807, 2.05) is 0 Å². The molecule has 1 atom stereocenters. The van der Waals surface area contributed by atoms with Crippen LogP contribution in [0.4, 0.5) is 13.2 Å². The van der Waals surface area contributed by atoms with Crippen molar-refractivity contribution in [1.29, 1.82) is 0 Å². The van der Waals surface area contributed by atoms with Gasteiger partial charge in [0.25, 0.3) is 5.76 Å². The maximum absolute atomic E-state index is 13.7. The Balaban J connectivity index is 2.07. The molecule has 0 N–H and O–H groups in total. The molecule has 0 aliphatic carbocycles. The van der Waals surface area contributed by atoms with Crippen LogP contribution >= 0.6 is 0 Å². The fourth-order valence-electron chi connectivity index (χ4n) is 3.00. The Labute approximate surface area is 181 Å². The van der Waals surface area contributed by atoms with Gasteiger partial charge >= 0.3 is 12.1 Å². The van der Waals surface area contributed by atoms with Crippen LogP contribution in [0.2, 0.25) is 0 Å². The second-order valence-corrected chi connectivity index (χ2v) is 6.93. The average molecular weight is 450 g/mol. The van der Waals surface area contributed by atoms with E-state index in [2.05, 4.69) is 0 Å². The molecule has 0 fully saturated rings. The van der Waals surface area contributed by atoms with Crippen LogP contribution in [0.3, 0.4) is 0 Å². The molecule has 1 aromatic heterocycles. The smallest absolute Gasteiger partial charge is 0.453 e. The predicted molar refractivity (Wildman–Crippen MR) is 110 cm³/mol. The minimum atomic E-state index is -4.99. The molecule has 3 aromatic rings. The lowest BCUT2D eigenvalue weighted by Crippen LogP contribution is -2.28. The number of carbonyl (C=O) groups excluding carboxylic acids is 1. The zero-order valence-electron chi connectivity index (χ0n) is 17.6. The Bertz CT molecular complexity index is 1180. The van der Waals surface area contributed by atoms with Crippen molar-refractivity contribution in [2.75, 3.05) is 6.61 Å². The van der Waals surface area contributed by atoms with Crippen molar-refractivity contribution in [2.45, 2.75) is 39.5 Å². The van der Waals surface area contributed by atoms with Crippen molar-refractivity contribution in [3.05, 3.63) is 64.0 Å². The maximum atomic E-state index is 13.7. The quantitative estimate of drug-likeness (QED) is 0.434. The minimum absolute atomic E-state index is 0.0565. The van der Waals surface area contributed by atoms with Gasteiger partial charge in [0, 0.05) is 6.07 Å². The number of ether oxygens (including phenoxy) is 3. The van der Waals surface area contributed by atoms with E-state index in [9.17, 15) is 22.8 Å². The molecule has 2 aromatic carbocycles. The van der Waals surface area contributed by atoms with Gasteiger partial charge in [-0.3, -0.25) is 4.79 Å². The number of aryl methyl sites for hydroxylation is 1. The first-order valence-corrected chi connectivity index (χ1v) is 9.89. The number of alkyl halides is 3. The minimum Gasteiger partial charge on any atom is -0.479 e. The van der Waals surface area contributed by atoms with Crippen LogP contribution in [-0.2, 0) is 15.7 Å². The molecular formula is C23H21F3O6. The van der Waals surface area contributed by atoms with E-state index in [-0.39, 0.29) is 35.5 Å². The van der Waals surface area contributed by atoms with Crippen LogP contribution in [0.5, 0.6) is 17.2 Å². The van der Waals surface area contributed by atoms with E-state index in [4.69, 9.17) is 18.6 Å². The fraction of sp³-hybridized carbons (Fsp3) is 0.304. The second-order valence-electron chi connectivity index (χ2n) is 6.93. The van der Waals surface area contributed by atoms with Gasteiger partial charge in [0.15, 0.2) is 6.10 Å². The third-order valence-corrected chi connectivity index (χ3v) is 4.49. The van der Waals surface area contributed by atoms with Gasteiger partial charge < -0.3 is 18.6 Å². The van der Waals surface area contributed by atoms with Gasteiger partial charge in [-0.05, 0) is 50.1 Å². The molecule has 9 heteroatoms. The molecule has 0 aliphatic rings. The van der Waals surface area contributed by atoms with Crippen molar-refractivity contribution >= 4 is 16.9 Å². The van der Waals surface area contributed by atoms with E-state index in [1.165, 1.54) is 24.3 Å². The van der Waals surface area contributed by atoms with Crippen LogP contribution in [0, 0.1) is 6.92 Å². The topological polar surface area (TPSA) is 75.0 Å². The second kappa shape index (κ2) is 9.33. The molecule has 0 saturated carbocycles. The Hall–Kier alpha value is -3.49. The molecule has 0 spiro atoms. The monoisotopic (exact) mass is 450 g/mol. The van der Waals surface area contributed by atoms with E-state index in [0.717, 1.165) is 11.6 Å². The lowest BCUT2D eigenvalue weighted by molar-refractivity contribution is -0.154. The van der Waals surface area contributed by atoms with Crippen LogP contribution in [0.15, 0.2) is 51.7 Å². The van der Waals surface area contributed by atoms with Crippen molar-refractivity contribution in [3.63, 3.8) is 0 Å².